The summed E-state index contributed by atoms with van der Waals surface area (Å²) >= 11 is 0. The molecule has 3 fully saturated rings. The summed E-state index contributed by atoms with van der Waals surface area (Å²) in [5.74, 6) is 0.934. The van der Waals surface area contributed by atoms with Crippen LogP contribution in [0.15, 0.2) is 24.3 Å². The number of halogens is 1. The Kier molecular flexibility index (Phi) is 5.01. The number of nitrogens with zero attached hydrogens (tertiary/aromatic N) is 1. The first-order valence-corrected chi connectivity index (χ1v) is 9.47. The Hall–Kier alpha value is -1.50. The number of nitrogens with one attached hydrogen (secondary N) is 3. The van der Waals surface area contributed by atoms with Crippen LogP contribution in [-0.2, 0) is 4.79 Å². The van der Waals surface area contributed by atoms with E-state index >= 15 is 0 Å². The molecule has 2 heterocycles. The second kappa shape index (κ2) is 7.40. The Labute approximate surface area is 148 Å². The lowest BCUT2D eigenvalue weighted by molar-refractivity contribution is -0.133. The van der Waals surface area contributed by atoms with E-state index in [0.29, 0.717) is 23.8 Å². The number of carbonyl (C=O) groups excluding carboxylic acids is 1. The predicted octanol–water partition coefficient (Wildman–Crippen LogP) is 1.58. The van der Waals surface area contributed by atoms with Gasteiger partial charge in [0.05, 0.1) is 6.04 Å². The van der Waals surface area contributed by atoms with E-state index < -0.39 is 0 Å². The van der Waals surface area contributed by atoms with Gasteiger partial charge in [-0.1, -0.05) is 12.1 Å². The van der Waals surface area contributed by atoms with E-state index in [1.165, 1.54) is 12.1 Å². The molecule has 2 saturated heterocycles. The van der Waals surface area contributed by atoms with Crippen molar-refractivity contribution in [3.05, 3.63) is 35.6 Å². The van der Waals surface area contributed by atoms with E-state index in [9.17, 15) is 9.18 Å². The van der Waals surface area contributed by atoms with Crippen LogP contribution in [0, 0.1) is 17.7 Å². The van der Waals surface area contributed by atoms with E-state index in [2.05, 4.69) is 21.1 Å². The van der Waals surface area contributed by atoms with Gasteiger partial charge in [0.15, 0.2) is 0 Å². The van der Waals surface area contributed by atoms with Gasteiger partial charge in [0, 0.05) is 44.1 Å². The number of benzene rings is 1. The second-order valence-electron chi connectivity index (χ2n) is 7.60. The maximum Gasteiger partial charge on any atom is 0.225 e. The number of hydrogen-bond acceptors (Lipinski definition) is 4. The lowest BCUT2D eigenvalue weighted by Crippen LogP contribution is -2.46. The minimum Gasteiger partial charge on any atom is -0.342 e. The molecule has 3 N–H and O–H groups in total. The summed E-state index contributed by atoms with van der Waals surface area (Å²) in [4.78, 5) is 14.2. The van der Waals surface area contributed by atoms with Crippen LogP contribution in [-0.4, -0.2) is 43.0 Å². The lowest BCUT2D eigenvalue weighted by atomic mass is 9.94. The van der Waals surface area contributed by atoms with Crippen molar-refractivity contribution in [1.29, 1.82) is 0 Å². The predicted molar refractivity (Wildman–Crippen MR) is 94.1 cm³/mol. The summed E-state index contributed by atoms with van der Waals surface area (Å²) in [6.45, 7) is 3.59. The summed E-state index contributed by atoms with van der Waals surface area (Å²) < 4.78 is 13.1. The van der Waals surface area contributed by atoms with E-state index in [1.807, 2.05) is 12.1 Å². The number of rotatable bonds is 5. The first-order chi connectivity index (χ1) is 12.2. The molecule has 0 aromatic heterocycles. The Morgan fingerprint density at radius 1 is 1.16 bits per heavy atom. The van der Waals surface area contributed by atoms with Gasteiger partial charge in [-0.25, -0.2) is 9.82 Å². The molecule has 1 saturated carbocycles. The zero-order chi connectivity index (χ0) is 17.2. The van der Waals surface area contributed by atoms with E-state index in [4.69, 9.17) is 0 Å². The molecule has 136 valence electrons. The third-order valence-corrected chi connectivity index (χ3v) is 5.72. The van der Waals surface area contributed by atoms with Crippen LogP contribution >= 0.6 is 0 Å². The molecule has 6 heteroatoms. The molecule has 2 unspecified atom stereocenters. The van der Waals surface area contributed by atoms with Gasteiger partial charge in [0.25, 0.3) is 0 Å². The average Bonchev–Trinajstić information content (AvgIpc) is 3.39. The number of carbonyl (C=O) groups is 1. The molecule has 0 radical (unpaired) electrons. The van der Waals surface area contributed by atoms with E-state index in [-0.39, 0.29) is 11.9 Å². The van der Waals surface area contributed by atoms with Crippen LogP contribution in [0.4, 0.5) is 4.39 Å². The molecule has 2 aliphatic heterocycles. The van der Waals surface area contributed by atoms with Crippen LogP contribution in [0.25, 0.3) is 0 Å². The fourth-order valence-corrected chi connectivity index (χ4v) is 3.96. The highest BCUT2D eigenvalue weighted by molar-refractivity contribution is 5.81. The Morgan fingerprint density at radius 3 is 2.56 bits per heavy atom. The first-order valence-electron chi connectivity index (χ1n) is 9.47. The van der Waals surface area contributed by atoms with Crippen molar-refractivity contribution in [1.82, 2.24) is 21.1 Å². The minimum absolute atomic E-state index is 0.197. The molecule has 1 amide bonds. The zero-order valence-electron chi connectivity index (χ0n) is 14.5. The molecule has 0 bridgehead atoms. The molecule has 1 aliphatic carbocycles. The standard InChI is InChI=1S/C19H27FN4O/c20-16-5-3-13(4-6-16)18-15(12-22-23-18)11-21-17-7-9-24(10-8-17)19(25)14-1-2-14/h3-6,14-15,17-18,21-23H,1-2,7-12H2. The topological polar surface area (TPSA) is 56.4 Å². The minimum atomic E-state index is -0.197. The molecule has 1 aromatic carbocycles. The maximum absolute atomic E-state index is 13.1. The summed E-state index contributed by atoms with van der Waals surface area (Å²) in [7, 11) is 0. The summed E-state index contributed by atoms with van der Waals surface area (Å²) in [5.41, 5.74) is 7.65. The highest BCUT2D eigenvalue weighted by Gasteiger charge is 2.35. The van der Waals surface area contributed by atoms with Crippen molar-refractivity contribution < 1.29 is 9.18 Å². The van der Waals surface area contributed by atoms with Crippen molar-refractivity contribution in [2.45, 2.75) is 37.8 Å². The third kappa shape index (κ3) is 4.02. The van der Waals surface area contributed by atoms with Crippen molar-refractivity contribution in [2.75, 3.05) is 26.2 Å². The lowest BCUT2D eigenvalue weighted by Gasteiger charge is -2.33. The third-order valence-electron chi connectivity index (χ3n) is 5.72. The maximum atomic E-state index is 13.1. The van der Waals surface area contributed by atoms with Crippen LogP contribution in [0.1, 0.15) is 37.3 Å². The van der Waals surface area contributed by atoms with Crippen LogP contribution in [0.5, 0.6) is 0 Å². The van der Waals surface area contributed by atoms with E-state index in [0.717, 1.165) is 57.4 Å². The normalized spacial score (nSPS) is 27.6. The van der Waals surface area contributed by atoms with Gasteiger partial charge in [0.1, 0.15) is 5.82 Å². The number of likely N-dealkylation sites (tertiary alicyclic amines) is 1. The van der Waals surface area contributed by atoms with Gasteiger partial charge >= 0.3 is 0 Å². The largest absolute Gasteiger partial charge is 0.342 e. The van der Waals surface area contributed by atoms with Crippen LogP contribution in [0.3, 0.4) is 0 Å². The van der Waals surface area contributed by atoms with E-state index in [1.54, 1.807) is 0 Å². The number of amides is 1. The molecule has 4 rings (SSSR count). The monoisotopic (exact) mass is 346 g/mol. The quantitative estimate of drug-likeness (QED) is 0.758. The summed E-state index contributed by atoms with van der Waals surface area (Å²) in [6, 6.07) is 7.44. The second-order valence-corrected chi connectivity index (χ2v) is 7.60. The SMILES string of the molecule is O=C(C1CC1)N1CCC(NCC2CNNC2c2ccc(F)cc2)CC1. The van der Waals surface area contributed by atoms with Crippen molar-refractivity contribution in [2.24, 2.45) is 11.8 Å². The fourth-order valence-electron chi connectivity index (χ4n) is 3.96. The van der Waals surface area contributed by atoms with Crippen molar-refractivity contribution in [3.8, 4) is 0 Å². The smallest absolute Gasteiger partial charge is 0.225 e. The molecule has 25 heavy (non-hydrogen) atoms. The molecule has 5 nitrogen and oxygen atoms in total. The Morgan fingerprint density at radius 2 is 1.88 bits per heavy atom. The molecule has 1 aromatic rings. The fraction of sp³-hybridized carbons (Fsp3) is 0.632. The molecule has 2 atom stereocenters. The molecule has 0 spiro atoms. The van der Waals surface area contributed by atoms with Gasteiger partial charge in [-0.2, -0.15) is 0 Å². The molecular weight excluding hydrogens is 319 g/mol. The van der Waals surface area contributed by atoms with Gasteiger partial charge in [0.2, 0.25) is 5.91 Å². The highest BCUT2D eigenvalue weighted by Crippen LogP contribution is 2.32. The molecule has 3 aliphatic rings. The zero-order valence-corrected chi connectivity index (χ0v) is 14.5. The van der Waals surface area contributed by atoms with Crippen molar-refractivity contribution in [3.63, 3.8) is 0 Å². The number of hydrogen-bond donors (Lipinski definition) is 3. The molecular formula is C19H27FN4O. The highest BCUT2D eigenvalue weighted by atomic mass is 19.1. The van der Waals surface area contributed by atoms with Crippen molar-refractivity contribution >= 4 is 5.91 Å². The average molecular weight is 346 g/mol. The number of piperidine rings is 1. The first kappa shape index (κ1) is 16.9. The summed E-state index contributed by atoms with van der Waals surface area (Å²) in [6.07, 6.45) is 4.24. The number of hydrazine groups is 1. The van der Waals surface area contributed by atoms with Crippen LogP contribution in [0.2, 0.25) is 0 Å². The Balaban J connectivity index is 1.25. The summed E-state index contributed by atoms with van der Waals surface area (Å²) in [5, 5.41) is 3.69. The van der Waals surface area contributed by atoms with Crippen LogP contribution < -0.4 is 16.2 Å². The van der Waals surface area contributed by atoms with Gasteiger partial charge in [-0.15, -0.1) is 0 Å². The van der Waals surface area contributed by atoms with Gasteiger partial charge in [-0.05, 0) is 43.4 Å². The Bertz CT molecular complexity index is 596. The van der Waals surface area contributed by atoms with Gasteiger partial charge in [-0.3, -0.25) is 10.2 Å². The van der Waals surface area contributed by atoms with Gasteiger partial charge < -0.3 is 10.2 Å².